The molecule has 0 spiro atoms. The van der Waals surface area contributed by atoms with Crippen LogP contribution in [0.2, 0.25) is 12.6 Å². The lowest BCUT2D eigenvalue weighted by Gasteiger charge is -2.43. The van der Waals surface area contributed by atoms with E-state index in [2.05, 4.69) is 61.9 Å². The first-order valence-electron chi connectivity index (χ1n) is 9.05. The fraction of sp³-hybridized carbons (Fsp3) is 0.600. The normalized spacial score (nSPS) is 21.5. The fourth-order valence-corrected chi connectivity index (χ4v) is 3.61. The van der Waals surface area contributed by atoms with E-state index in [9.17, 15) is 0 Å². The summed E-state index contributed by atoms with van der Waals surface area (Å²) in [7, 11) is 0. The minimum Gasteiger partial charge on any atom is -0.332 e. The molecule has 0 fully saturated rings. The van der Waals surface area contributed by atoms with Crippen molar-refractivity contribution in [3.05, 3.63) is 50.1 Å². The van der Waals surface area contributed by atoms with Gasteiger partial charge in [-0.15, -0.1) is 19.7 Å². The van der Waals surface area contributed by atoms with Gasteiger partial charge in [0, 0.05) is 12.1 Å². The SMILES string of the molecule is C=CCB(CC=C)N1[C@@H](CC=C)CC=C[C@@H]1CCCCCC. The number of rotatable bonds is 12. The molecule has 0 N–H and O–H groups in total. The molecule has 0 saturated heterocycles. The molecule has 0 aromatic carbocycles. The lowest BCUT2D eigenvalue weighted by molar-refractivity contribution is 0.251. The van der Waals surface area contributed by atoms with E-state index in [4.69, 9.17) is 0 Å². The molecular formula is C20H34BN. The van der Waals surface area contributed by atoms with E-state index in [1.165, 1.54) is 32.1 Å². The topological polar surface area (TPSA) is 3.24 Å². The first-order chi connectivity index (χ1) is 10.8. The van der Waals surface area contributed by atoms with Crippen LogP contribution in [-0.2, 0) is 0 Å². The second-order valence-electron chi connectivity index (χ2n) is 6.41. The molecule has 0 aromatic heterocycles. The lowest BCUT2D eigenvalue weighted by atomic mass is 9.52. The molecule has 0 radical (unpaired) electrons. The van der Waals surface area contributed by atoms with Crippen LogP contribution in [0.15, 0.2) is 50.1 Å². The highest BCUT2D eigenvalue weighted by atomic mass is 15.1. The zero-order chi connectivity index (χ0) is 16.2. The monoisotopic (exact) mass is 299 g/mol. The van der Waals surface area contributed by atoms with E-state index in [1.54, 1.807) is 0 Å². The summed E-state index contributed by atoms with van der Waals surface area (Å²) in [5.74, 6) is 0. The first-order valence-corrected chi connectivity index (χ1v) is 9.05. The van der Waals surface area contributed by atoms with Crippen LogP contribution in [0.5, 0.6) is 0 Å². The molecule has 122 valence electrons. The zero-order valence-electron chi connectivity index (χ0n) is 14.6. The summed E-state index contributed by atoms with van der Waals surface area (Å²) in [5.41, 5.74) is 0. The Morgan fingerprint density at radius 3 is 2.41 bits per heavy atom. The lowest BCUT2D eigenvalue weighted by Crippen LogP contribution is -2.52. The zero-order valence-corrected chi connectivity index (χ0v) is 14.6. The van der Waals surface area contributed by atoms with Gasteiger partial charge in [0.1, 0.15) is 0 Å². The van der Waals surface area contributed by atoms with Crippen molar-refractivity contribution in [2.45, 2.75) is 76.6 Å². The van der Waals surface area contributed by atoms with Gasteiger partial charge in [-0.1, -0.05) is 63.0 Å². The Morgan fingerprint density at radius 2 is 1.82 bits per heavy atom. The smallest absolute Gasteiger partial charge is 0.231 e. The maximum absolute atomic E-state index is 3.96. The summed E-state index contributed by atoms with van der Waals surface area (Å²) in [6, 6.07) is 1.16. The molecule has 2 atom stereocenters. The Labute approximate surface area is 139 Å². The van der Waals surface area contributed by atoms with Gasteiger partial charge in [-0.3, -0.25) is 0 Å². The predicted octanol–water partition coefficient (Wildman–Crippen LogP) is 5.90. The van der Waals surface area contributed by atoms with Gasteiger partial charge in [0.05, 0.1) is 0 Å². The summed E-state index contributed by atoms with van der Waals surface area (Å²) in [6.45, 7) is 14.7. The quantitative estimate of drug-likeness (QED) is 0.246. The van der Waals surface area contributed by atoms with Gasteiger partial charge >= 0.3 is 0 Å². The molecule has 22 heavy (non-hydrogen) atoms. The van der Waals surface area contributed by atoms with Crippen LogP contribution in [0.25, 0.3) is 0 Å². The largest absolute Gasteiger partial charge is 0.332 e. The highest BCUT2D eigenvalue weighted by Crippen LogP contribution is 2.28. The van der Waals surface area contributed by atoms with Gasteiger partial charge < -0.3 is 4.81 Å². The van der Waals surface area contributed by atoms with E-state index in [0.29, 0.717) is 18.9 Å². The first kappa shape index (κ1) is 19.0. The van der Waals surface area contributed by atoms with Gasteiger partial charge in [0.15, 0.2) is 0 Å². The van der Waals surface area contributed by atoms with Crippen molar-refractivity contribution < 1.29 is 0 Å². The van der Waals surface area contributed by atoms with E-state index in [1.807, 2.05) is 0 Å². The molecule has 0 aromatic rings. The van der Waals surface area contributed by atoms with Crippen LogP contribution in [0, 0.1) is 0 Å². The third-order valence-corrected chi connectivity index (χ3v) is 4.66. The van der Waals surface area contributed by atoms with Crippen molar-refractivity contribution in [3.8, 4) is 0 Å². The molecule has 1 nitrogen and oxygen atoms in total. The van der Waals surface area contributed by atoms with Crippen LogP contribution >= 0.6 is 0 Å². The maximum atomic E-state index is 3.96. The van der Waals surface area contributed by atoms with Gasteiger partial charge in [-0.2, -0.15) is 0 Å². The number of allylic oxidation sites excluding steroid dienone is 2. The highest BCUT2D eigenvalue weighted by molar-refractivity contribution is 6.57. The van der Waals surface area contributed by atoms with E-state index < -0.39 is 0 Å². The van der Waals surface area contributed by atoms with E-state index in [-0.39, 0.29) is 0 Å². The third-order valence-electron chi connectivity index (χ3n) is 4.66. The molecule has 0 amide bonds. The summed E-state index contributed by atoms with van der Waals surface area (Å²) in [5, 5.41) is 0. The number of unbranched alkanes of at least 4 members (excludes halogenated alkanes) is 3. The number of nitrogens with zero attached hydrogens (tertiary/aromatic N) is 1. The summed E-state index contributed by atoms with van der Waals surface area (Å²) in [4.78, 5) is 2.73. The Hall–Kier alpha value is -1.02. The summed E-state index contributed by atoms with van der Waals surface area (Å²) >= 11 is 0. The Balaban J connectivity index is 2.80. The standard InChI is InChI=1S/C20H34BN/c1-5-9-10-11-14-20-16-12-15-19(13-6-2)22(20)21(17-7-3)18-8-4/h6-8,12,16,19-20H,2-5,9-11,13-15,17-18H2,1H3/t19-,20-/m0/s1. The van der Waals surface area contributed by atoms with Gasteiger partial charge in [0.2, 0.25) is 6.85 Å². The van der Waals surface area contributed by atoms with Gasteiger partial charge in [-0.25, -0.2) is 0 Å². The fourth-order valence-electron chi connectivity index (χ4n) is 3.61. The number of hydrogen-bond acceptors (Lipinski definition) is 1. The van der Waals surface area contributed by atoms with Crippen molar-refractivity contribution in [1.29, 1.82) is 0 Å². The third kappa shape index (κ3) is 6.00. The summed E-state index contributed by atoms with van der Waals surface area (Å²) in [6.07, 6.45) is 21.9. The van der Waals surface area contributed by atoms with Crippen molar-refractivity contribution >= 4 is 6.85 Å². The van der Waals surface area contributed by atoms with Crippen molar-refractivity contribution in [3.63, 3.8) is 0 Å². The average Bonchev–Trinajstić information content (AvgIpc) is 2.52. The Bertz CT molecular complexity index is 351. The Kier molecular flexibility index (Phi) is 9.98. The van der Waals surface area contributed by atoms with Crippen molar-refractivity contribution in [1.82, 2.24) is 4.81 Å². The second-order valence-corrected chi connectivity index (χ2v) is 6.41. The highest BCUT2D eigenvalue weighted by Gasteiger charge is 2.33. The van der Waals surface area contributed by atoms with E-state index in [0.717, 1.165) is 25.5 Å². The van der Waals surface area contributed by atoms with E-state index >= 15 is 0 Å². The molecule has 0 aliphatic carbocycles. The molecule has 1 heterocycles. The predicted molar refractivity (Wildman–Crippen MR) is 103 cm³/mol. The van der Waals surface area contributed by atoms with Crippen LogP contribution in [-0.4, -0.2) is 23.7 Å². The molecule has 1 rings (SSSR count). The molecule has 0 bridgehead atoms. The van der Waals surface area contributed by atoms with Crippen molar-refractivity contribution in [2.24, 2.45) is 0 Å². The van der Waals surface area contributed by atoms with Gasteiger partial charge in [-0.05, 0) is 31.9 Å². The minimum absolute atomic E-state index is 0.529. The van der Waals surface area contributed by atoms with Crippen LogP contribution in [0.1, 0.15) is 51.9 Å². The minimum atomic E-state index is 0.529. The molecule has 0 saturated carbocycles. The van der Waals surface area contributed by atoms with Crippen LogP contribution in [0.3, 0.4) is 0 Å². The van der Waals surface area contributed by atoms with Crippen LogP contribution < -0.4 is 0 Å². The molecule has 1 aliphatic rings. The van der Waals surface area contributed by atoms with Crippen LogP contribution in [0.4, 0.5) is 0 Å². The Morgan fingerprint density at radius 1 is 1.09 bits per heavy atom. The van der Waals surface area contributed by atoms with Gasteiger partial charge in [0.25, 0.3) is 0 Å². The molecule has 0 unspecified atom stereocenters. The summed E-state index contributed by atoms with van der Waals surface area (Å²) < 4.78 is 0. The molecular weight excluding hydrogens is 265 g/mol. The van der Waals surface area contributed by atoms with Crippen molar-refractivity contribution in [2.75, 3.05) is 0 Å². The molecule has 2 heteroatoms. The number of hydrogen-bond donors (Lipinski definition) is 0. The second kappa shape index (κ2) is 11.5. The average molecular weight is 299 g/mol. The maximum Gasteiger partial charge on any atom is 0.231 e. The molecule has 1 aliphatic heterocycles.